The van der Waals surface area contributed by atoms with Crippen LogP contribution in [0.3, 0.4) is 0 Å². The van der Waals surface area contributed by atoms with Crippen LogP contribution in [-0.2, 0) is 21.7 Å². The molecular formula is C69H63N7. The number of hydrogen-bond donors (Lipinski definition) is 0. The molecule has 7 heteroatoms. The first-order valence-corrected chi connectivity index (χ1v) is 26.2. The molecule has 0 radical (unpaired) electrons. The molecule has 11 rings (SSSR count). The summed E-state index contributed by atoms with van der Waals surface area (Å²) < 4.78 is 4.66. The first-order chi connectivity index (χ1) is 36.1. The third kappa shape index (κ3) is 8.70. The fourth-order valence-corrected chi connectivity index (χ4v) is 10.6. The minimum absolute atomic E-state index is 0.0735. The van der Waals surface area contributed by atoms with Crippen molar-refractivity contribution in [1.82, 2.24) is 24.1 Å². The molecule has 76 heavy (non-hydrogen) atoms. The van der Waals surface area contributed by atoms with E-state index in [-0.39, 0.29) is 21.7 Å². The number of fused-ring (bicyclic) bond motifs is 6. The molecule has 8 aromatic carbocycles. The molecule has 0 amide bonds. The van der Waals surface area contributed by atoms with Crippen molar-refractivity contribution < 1.29 is 0 Å². The molecule has 0 spiro atoms. The largest absolute Gasteiger partial charge is 0.310 e. The predicted molar refractivity (Wildman–Crippen MR) is 318 cm³/mol. The van der Waals surface area contributed by atoms with Crippen molar-refractivity contribution in [3.05, 3.63) is 209 Å². The smallest absolute Gasteiger partial charge is 0.194 e. The Hall–Kier alpha value is -8.65. The van der Waals surface area contributed by atoms with Crippen LogP contribution in [0.2, 0.25) is 0 Å². The molecule has 374 valence electrons. The van der Waals surface area contributed by atoms with Crippen LogP contribution in [-0.4, -0.2) is 24.1 Å². The van der Waals surface area contributed by atoms with Crippen LogP contribution in [0.1, 0.15) is 105 Å². The molecule has 11 aromatic rings. The minimum atomic E-state index is -0.0797. The van der Waals surface area contributed by atoms with Crippen LogP contribution in [0.4, 0.5) is 11.4 Å². The summed E-state index contributed by atoms with van der Waals surface area (Å²) in [7, 11) is 0. The molecule has 0 saturated carbocycles. The van der Waals surface area contributed by atoms with Gasteiger partial charge in [-0.3, -0.25) is 0 Å². The third-order valence-electron chi connectivity index (χ3n) is 15.1. The summed E-state index contributed by atoms with van der Waals surface area (Å²) in [5.41, 5.74) is 15.8. The Morgan fingerprint density at radius 3 is 1.16 bits per heavy atom. The van der Waals surface area contributed by atoms with Gasteiger partial charge in [0, 0.05) is 43.9 Å². The van der Waals surface area contributed by atoms with Gasteiger partial charge in [-0.15, -0.1) is 0 Å². The highest BCUT2D eigenvalue weighted by Crippen LogP contribution is 2.44. The Bertz CT molecular complexity index is 4080. The molecule has 7 nitrogen and oxygen atoms in total. The number of hydrogen-bond acceptors (Lipinski definition) is 3. The van der Waals surface area contributed by atoms with Gasteiger partial charge in [-0.2, -0.15) is 0 Å². The fourth-order valence-electron chi connectivity index (χ4n) is 10.6. The van der Waals surface area contributed by atoms with Gasteiger partial charge in [0.05, 0.1) is 40.9 Å². The van der Waals surface area contributed by atoms with Gasteiger partial charge in [0.1, 0.15) is 0 Å². The van der Waals surface area contributed by atoms with Crippen molar-refractivity contribution in [2.24, 2.45) is 0 Å². The zero-order chi connectivity index (χ0) is 53.6. The van der Waals surface area contributed by atoms with Crippen molar-refractivity contribution in [2.75, 3.05) is 0 Å². The number of benzene rings is 8. The molecule has 0 N–H and O–H groups in total. The average Bonchev–Trinajstić information content (AvgIpc) is 3.97. The number of aromatic nitrogens is 5. The van der Waals surface area contributed by atoms with Gasteiger partial charge in [-0.1, -0.05) is 180 Å². The lowest BCUT2D eigenvalue weighted by Gasteiger charge is -2.20. The number of para-hydroxylation sites is 1. The van der Waals surface area contributed by atoms with Crippen LogP contribution in [0.15, 0.2) is 164 Å². The topological polar surface area (TPSA) is 57.2 Å². The van der Waals surface area contributed by atoms with Crippen LogP contribution in [0.25, 0.3) is 110 Å². The lowest BCUT2D eigenvalue weighted by atomic mass is 9.85. The monoisotopic (exact) mass is 990 g/mol. The number of rotatable bonds is 6. The zero-order valence-electron chi connectivity index (χ0n) is 45.7. The Kier molecular flexibility index (Phi) is 11.8. The van der Waals surface area contributed by atoms with E-state index < -0.39 is 0 Å². The van der Waals surface area contributed by atoms with E-state index in [0.29, 0.717) is 28.8 Å². The molecule has 0 fully saturated rings. The minimum Gasteiger partial charge on any atom is -0.310 e. The van der Waals surface area contributed by atoms with Gasteiger partial charge in [-0.25, -0.2) is 24.6 Å². The molecule has 0 atom stereocenters. The summed E-state index contributed by atoms with van der Waals surface area (Å²) in [6.07, 6.45) is 0. The van der Waals surface area contributed by atoms with Crippen LogP contribution in [0.5, 0.6) is 0 Å². The van der Waals surface area contributed by atoms with Gasteiger partial charge in [-0.05, 0) is 122 Å². The second-order valence-electron chi connectivity index (χ2n) is 24.4. The molecule has 0 aliphatic rings. The van der Waals surface area contributed by atoms with Gasteiger partial charge in [0.15, 0.2) is 28.8 Å². The highest BCUT2D eigenvalue weighted by molar-refractivity contribution is 6.12. The molecule has 0 unspecified atom stereocenters. The van der Waals surface area contributed by atoms with Crippen molar-refractivity contribution in [3.8, 4) is 56.7 Å². The Labute approximate surface area is 447 Å². The van der Waals surface area contributed by atoms with E-state index in [9.17, 15) is 0 Å². The quantitative estimate of drug-likeness (QED) is 0.156. The lowest BCUT2D eigenvalue weighted by Crippen LogP contribution is -2.10. The number of nitrogens with zero attached hydrogens (tertiary/aromatic N) is 7. The van der Waals surface area contributed by atoms with Gasteiger partial charge in [0.2, 0.25) is 0 Å². The van der Waals surface area contributed by atoms with E-state index in [1.165, 1.54) is 22.3 Å². The second kappa shape index (κ2) is 18.0. The summed E-state index contributed by atoms with van der Waals surface area (Å²) in [5.74, 6) is 1.49. The van der Waals surface area contributed by atoms with E-state index in [2.05, 4.69) is 193 Å². The first-order valence-electron chi connectivity index (χ1n) is 26.2. The maximum atomic E-state index is 8.31. The predicted octanol–water partition coefficient (Wildman–Crippen LogP) is 19.0. The van der Waals surface area contributed by atoms with E-state index >= 15 is 0 Å². The summed E-state index contributed by atoms with van der Waals surface area (Å²) in [5, 5.41) is 4.61. The second-order valence-corrected chi connectivity index (χ2v) is 24.4. The molecule has 3 aromatic heterocycles. The Morgan fingerprint density at radius 1 is 0.342 bits per heavy atom. The van der Waals surface area contributed by atoms with Crippen LogP contribution in [0, 0.1) is 13.1 Å². The molecule has 0 aliphatic heterocycles. The first kappa shape index (κ1) is 49.6. The standard InChI is InChI=1S/C69H63N7/c1-66(2,3)44-25-32-57-52(37-44)53-38-45(67(4,5)6)26-33-58(53)75(57)61-36-43(49-22-18-19-23-56(49)71-14)24-30-50(61)64-72-63(42-20-16-15-17-21-42)73-65(74-64)51-31-29-48(70-13)41-62(51)76-59-34-27-46(68(7,8)9)39-54(59)55-40-47(69(10,11)12)28-35-60(55)76/h15-41H,1-12H3. The summed E-state index contributed by atoms with van der Waals surface area (Å²) in [6.45, 7) is 43.6. The fraction of sp³-hybridized carbons (Fsp3) is 0.232. The lowest BCUT2D eigenvalue weighted by molar-refractivity contribution is 0.590. The summed E-state index contributed by atoms with van der Waals surface area (Å²) in [6, 6.07) is 57.5. The summed E-state index contributed by atoms with van der Waals surface area (Å²) >= 11 is 0. The van der Waals surface area contributed by atoms with Crippen molar-refractivity contribution >= 4 is 55.0 Å². The van der Waals surface area contributed by atoms with Crippen molar-refractivity contribution in [2.45, 2.75) is 105 Å². The van der Waals surface area contributed by atoms with E-state index in [0.717, 1.165) is 82.8 Å². The molecule has 0 bridgehead atoms. The third-order valence-corrected chi connectivity index (χ3v) is 15.1. The highest BCUT2D eigenvalue weighted by atomic mass is 15.1. The summed E-state index contributed by atoms with van der Waals surface area (Å²) in [4.78, 5) is 24.3. The normalized spacial score (nSPS) is 12.4. The molecule has 0 aliphatic carbocycles. The highest BCUT2D eigenvalue weighted by Gasteiger charge is 2.27. The van der Waals surface area contributed by atoms with E-state index in [1.807, 2.05) is 72.8 Å². The Balaban J connectivity index is 1.24. The maximum absolute atomic E-state index is 8.31. The SMILES string of the molecule is [C-]#[N+]c1ccc(-c2nc(-c3ccccc3)nc(-c3ccc(-c4ccccc4[N+]#[C-])cc3-n3c4ccc(C(C)(C)C)cc4c4cc(C(C)(C)C)ccc43)n2)c(-n2c3ccc(C(C)(C)C)cc3c3cc(C(C)(C)C)ccc32)c1. The average molecular weight is 990 g/mol. The zero-order valence-corrected chi connectivity index (χ0v) is 45.7. The maximum Gasteiger partial charge on any atom is 0.194 e. The van der Waals surface area contributed by atoms with Crippen LogP contribution >= 0.6 is 0 Å². The molecular weight excluding hydrogens is 927 g/mol. The molecule has 0 saturated heterocycles. The van der Waals surface area contributed by atoms with Crippen LogP contribution < -0.4 is 0 Å². The van der Waals surface area contributed by atoms with Gasteiger partial charge >= 0.3 is 0 Å². The van der Waals surface area contributed by atoms with Crippen molar-refractivity contribution in [3.63, 3.8) is 0 Å². The van der Waals surface area contributed by atoms with Crippen molar-refractivity contribution in [1.29, 1.82) is 0 Å². The van der Waals surface area contributed by atoms with Gasteiger partial charge in [0.25, 0.3) is 0 Å². The van der Waals surface area contributed by atoms with E-state index in [4.69, 9.17) is 28.1 Å². The van der Waals surface area contributed by atoms with Gasteiger partial charge < -0.3 is 9.13 Å². The van der Waals surface area contributed by atoms with E-state index in [1.54, 1.807) is 0 Å². The Morgan fingerprint density at radius 2 is 0.737 bits per heavy atom. The molecule has 3 heterocycles.